The first kappa shape index (κ1) is 13.0. The third-order valence-corrected chi connectivity index (χ3v) is 3.29. The highest BCUT2D eigenvalue weighted by molar-refractivity contribution is 9.10. The molecule has 1 aromatic carbocycles. The van der Waals surface area contributed by atoms with Gasteiger partial charge >= 0.3 is 0 Å². The van der Waals surface area contributed by atoms with Crippen molar-refractivity contribution in [2.24, 2.45) is 5.73 Å². The number of para-hydroxylation sites is 1. The highest BCUT2D eigenvalue weighted by Crippen LogP contribution is 2.29. The number of hydrogen-bond acceptors (Lipinski definition) is 4. The van der Waals surface area contributed by atoms with E-state index in [-0.39, 0.29) is 0 Å². The fraction of sp³-hybridized carbons (Fsp3) is 0.231. The summed E-state index contributed by atoms with van der Waals surface area (Å²) in [6.07, 6.45) is 2.46. The monoisotopic (exact) mass is 306 g/mol. The molecule has 0 atom stereocenters. The number of nitrogens with two attached hydrogens (primary N) is 1. The van der Waals surface area contributed by atoms with Crippen LogP contribution in [-0.4, -0.2) is 23.6 Å². The maximum Gasteiger partial charge on any atom is 0.136 e. The molecule has 2 rings (SSSR count). The zero-order valence-electron chi connectivity index (χ0n) is 10.2. The molecule has 2 aromatic rings. The molecule has 0 aliphatic heterocycles. The molecule has 4 nitrogen and oxygen atoms in total. The predicted molar refractivity (Wildman–Crippen MR) is 77.0 cm³/mol. The van der Waals surface area contributed by atoms with Gasteiger partial charge in [0, 0.05) is 24.1 Å². The molecule has 0 saturated carbocycles. The molecule has 0 unspecified atom stereocenters. The number of anilines is 2. The van der Waals surface area contributed by atoms with Gasteiger partial charge in [-0.3, -0.25) is 0 Å². The second-order valence-corrected chi connectivity index (χ2v) is 4.73. The number of halogens is 1. The van der Waals surface area contributed by atoms with Gasteiger partial charge in [-0.15, -0.1) is 0 Å². The Kier molecular flexibility index (Phi) is 4.28. The van der Waals surface area contributed by atoms with Gasteiger partial charge < -0.3 is 10.6 Å². The second kappa shape index (κ2) is 5.93. The van der Waals surface area contributed by atoms with Gasteiger partial charge in [0.15, 0.2) is 0 Å². The van der Waals surface area contributed by atoms with E-state index < -0.39 is 0 Å². The molecule has 0 spiro atoms. The molecule has 0 radical (unpaired) electrons. The minimum atomic E-state index is 0.558. The molecular formula is C13H15BrN4. The van der Waals surface area contributed by atoms with Crippen molar-refractivity contribution in [3.8, 4) is 0 Å². The van der Waals surface area contributed by atoms with Gasteiger partial charge in [0.05, 0.1) is 5.69 Å². The van der Waals surface area contributed by atoms with Gasteiger partial charge in [-0.2, -0.15) is 0 Å². The molecule has 0 bridgehead atoms. The van der Waals surface area contributed by atoms with E-state index in [1.807, 2.05) is 42.3 Å². The Labute approximate surface area is 115 Å². The van der Waals surface area contributed by atoms with Gasteiger partial charge in [-0.05, 0) is 40.7 Å². The first-order valence-corrected chi connectivity index (χ1v) is 6.52. The summed E-state index contributed by atoms with van der Waals surface area (Å²) < 4.78 is 1.03. The van der Waals surface area contributed by atoms with Crippen LogP contribution in [0.4, 0.5) is 11.5 Å². The lowest BCUT2D eigenvalue weighted by Crippen LogP contribution is -2.14. The summed E-state index contributed by atoms with van der Waals surface area (Å²) in [5, 5.41) is 0. The van der Waals surface area contributed by atoms with Gasteiger partial charge in [0.2, 0.25) is 0 Å². The van der Waals surface area contributed by atoms with E-state index in [0.717, 1.165) is 21.8 Å². The molecule has 0 aliphatic carbocycles. The predicted octanol–water partition coefficient (Wildman–Crippen LogP) is 2.51. The van der Waals surface area contributed by atoms with Crippen LogP contribution in [0.15, 0.2) is 41.0 Å². The molecule has 5 heteroatoms. The topological polar surface area (TPSA) is 55.0 Å². The lowest BCUT2D eigenvalue weighted by Gasteiger charge is -2.19. The molecule has 2 N–H and O–H groups in total. The van der Waals surface area contributed by atoms with Crippen molar-refractivity contribution < 1.29 is 0 Å². The molecule has 0 saturated heterocycles. The minimum absolute atomic E-state index is 0.558. The van der Waals surface area contributed by atoms with E-state index in [4.69, 9.17) is 5.73 Å². The van der Waals surface area contributed by atoms with Crippen LogP contribution >= 0.6 is 15.9 Å². The molecule has 94 valence electrons. The average molecular weight is 307 g/mol. The molecule has 0 fully saturated rings. The summed E-state index contributed by atoms with van der Waals surface area (Å²) >= 11 is 3.54. The van der Waals surface area contributed by atoms with Crippen molar-refractivity contribution in [2.75, 3.05) is 18.5 Å². The van der Waals surface area contributed by atoms with Gasteiger partial charge in [0.25, 0.3) is 0 Å². The number of rotatable bonds is 4. The quantitative estimate of drug-likeness (QED) is 0.943. The van der Waals surface area contributed by atoms with Crippen LogP contribution in [0.3, 0.4) is 0 Å². The minimum Gasteiger partial charge on any atom is -0.330 e. The SMILES string of the molecule is CN(c1ccnc(CCN)n1)c1ccccc1Br. The van der Waals surface area contributed by atoms with Crippen molar-refractivity contribution in [3.05, 3.63) is 46.8 Å². The highest BCUT2D eigenvalue weighted by Gasteiger charge is 2.09. The summed E-state index contributed by atoms with van der Waals surface area (Å²) in [6.45, 7) is 0.558. The second-order valence-electron chi connectivity index (χ2n) is 3.88. The maximum atomic E-state index is 5.52. The molecule has 0 amide bonds. The normalized spacial score (nSPS) is 10.4. The van der Waals surface area contributed by atoms with E-state index in [1.54, 1.807) is 6.20 Å². The van der Waals surface area contributed by atoms with E-state index in [0.29, 0.717) is 13.0 Å². The largest absolute Gasteiger partial charge is 0.330 e. The van der Waals surface area contributed by atoms with Crippen molar-refractivity contribution in [1.29, 1.82) is 0 Å². The summed E-state index contributed by atoms with van der Waals surface area (Å²) in [4.78, 5) is 10.7. The smallest absolute Gasteiger partial charge is 0.136 e. The van der Waals surface area contributed by atoms with Crippen molar-refractivity contribution in [3.63, 3.8) is 0 Å². The van der Waals surface area contributed by atoms with E-state index in [2.05, 4.69) is 25.9 Å². The van der Waals surface area contributed by atoms with Crippen molar-refractivity contribution in [1.82, 2.24) is 9.97 Å². The van der Waals surface area contributed by atoms with E-state index >= 15 is 0 Å². The third-order valence-electron chi connectivity index (χ3n) is 2.62. The Morgan fingerprint density at radius 3 is 2.78 bits per heavy atom. The van der Waals surface area contributed by atoms with Crippen LogP contribution in [0.2, 0.25) is 0 Å². The Bertz CT molecular complexity index is 530. The van der Waals surface area contributed by atoms with Gasteiger partial charge in [-0.1, -0.05) is 12.1 Å². The average Bonchev–Trinajstić information content (AvgIpc) is 2.39. The maximum absolute atomic E-state index is 5.52. The summed E-state index contributed by atoms with van der Waals surface area (Å²) in [5.41, 5.74) is 6.59. The lowest BCUT2D eigenvalue weighted by molar-refractivity contribution is 0.861. The molecule has 18 heavy (non-hydrogen) atoms. The summed E-state index contributed by atoms with van der Waals surface area (Å²) in [5.74, 6) is 1.63. The van der Waals surface area contributed by atoms with Crippen LogP contribution in [-0.2, 0) is 6.42 Å². The lowest BCUT2D eigenvalue weighted by atomic mass is 10.3. The highest BCUT2D eigenvalue weighted by atomic mass is 79.9. The number of hydrogen-bond donors (Lipinski definition) is 1. The van der Waals surface area contributed by atoms with Crippen LogP contribution in [0, 0.1) is 0 Å². The zero-order chi connectivity index (χ0) is 13.0. The summed E-state index contributed by atoms with van der Waals surface area (Å²) in [6, 6.07) is 9.92. The Balaban J connectivity index is 2.31. The van der Waals surface area contributed by atoms with Crippen molar-refractivity contribution >= 4 is 27.4 Å². The summed E-state index contributed by atoms with van der Waals surface area (Å²) in [7, 11) is 1.98. The zero-order valence-corrected chi connectivity index (χ0v) is 11.8. The number of aromatic nitrogens is 2. The number of nitrogens with zero attached hydrogens (tertiary/aromatic N) is 3. The molecule has 1 heterocycles. The van der Waals surface area contributed by atoms with Crippen LogP contribution < -0.4 is 10.6 Å². The van der Waals surface area contributed by atoms with E-state index in [1.165, 1.54) is 0 Å². The third kappa shape index (κ3) is 2.86. The van der Waals surface area contributed by atoms with Crippen molar-refractivity contribution in [2.45, 2.75) is 6.42 Å². The van der Waals surface area contributed by atoms with Gasteiger partial charge in [-0.25, -0.2) is 9.97 Å². The Morgan fingerprint density at radius 1 is 1.28 bits per heavy atom. The standard InChI is InChI=1S/C13H15BrN4/c1-18(11-5-3-2-4-10(11)14)13-7-9-16-12(17-13)6-8-15/h2-5,7,9H,6,8,15H2,1H3. The van der Waals surface area contributed by atoms with Gasteiger partial charge in [0.1, 0.15) is 11.6 Å². The fourth-order valence-corrected chi connectivity index (χ4v) is 2.22. The Morgan fingerprint density at radius 2 is 2.06 bits per heavy atom. The molecular weight excluding hydrogens is 292 g/mol. The molecule has 1 aromatic heterocycles. The Hall–Kier alpha value is -1.46. The molecule has 0 aliphatic rings. The first-order chi connectivity index (χ1) is 8.72. The fourth-order valence-electron chi connectivity index (χ4n) is 1.67. The first-order valence-electron chi connectivity index (χ1n) is 5.72. The van der Waals surface area contributed by atoms with Crippen LogP contribution in [0.1, 0.15) is 5.82 Å². The van der Waals surface area contributed by atoms with Crippen LogP contribution in [0.5, 0.6) is 0 Å². The van der Waals surface area contributed by atoms with E-state index in [9.17, 15) is 0 Å². The number of benzene rings is 1. The van der Waals surface area contributed by atoms with Crippen LogP contribution in [0.25, 0.3) is 0 Å².